The molecule has 0 aliphatic heterocycles. The van der Waals surface area contributed by atoms with Gasteiger partial charge in [-0.05, 0) is 67.9 Å². The lowest BCUT2D eigenvalue weighted by atomic mass is 9.97. The molecule has 0 bridgehead atoms. The SMILES string of the molecule is CC(=O)Nc1ccc(NC(=O)CSc2nc3sc4c(c3c(=O)n2CCC(C)C)CCCC4)cc1. The number of hydrogen-bond donors (Lipinski definition) is 2. The second-order valence-corrected chi connectivity index (χ2v) is 11.0. The molecule has 1 aliphatic rings. The minimum Gasteiger partial charge on any atom is -0.326 e. The maximum Gasteiger partial charge on any atom is 0.263 e. The monoisotopic (exact) mass is 498 g/mol. The molecule has 3 aromatic rings. The molecule has 34 heavy (non-hydrogen) atoms. The van der Waals surface area contributed by atoms with Crippen molar-refractivity contribution < 1.29 is 9.59 Å². The van der Waals surface area contributed by atoms with Gasteiger partial charge in [0.1, 0.15) is 4.83 Å². The van der Waals surface area contributed by atoms with E-state index in [1.807, 2.05) is 0 Å². The highest BCUT2D eigenvalue weighted by molar-refractivity contribution is 7.99. The number of fused-ring (bicyclic) bond motifs is 3. The van der Waals surface area contributed by atoms with Crippen LogP contribution in [0.3, 0.4) is 0 Å². The third-order valence-corrected chi connectivity index (χ3v) is 7.95. The van der Waals surface area contributed by atoms with Gasteiger partial charge in [0.2, 0.25) is 11.8 Å². The van der Waals surface area contributed by atoms with E-state index in [-0.39, 0.29) is 23.1 Å². The standard InChI is InChI=1S/C25H30N4O3S2/c1-15(2)12-13-29-24(32)22-19-6-4-5-7-20(19)34-23(22)28-25(29)33-14-21(31)27-18-10-8-17(9-11-18)26-16(3)30/h8-11,15H,4-7,12-14H2,1-3H3,(H,26,30)(H,27,31). The molecule has 9 heteroatoms. The number of carbonyl (C=O) groups is 2. The smallest absolute Gasteiger partial charge is 0.263 e. The van der Waals surface area contributed by atoms with Crippen LogP contribution >= 0.6 is 23.1 Å². The first kappa shape index (κ1) is 24.5. The summed E-state index contributed by atoms with van der Waals surface area (Å²) in [6, 6.07) is 6.96. The summed E-state index contributed by atoms with van der Waals surface area (Å²) < 4.78 is 1.77. The molecule has 7 nitrogen and oxygen atoms in total. The lowest BCUT2D eigenvalue weighted by Crippen LogP contribution is -2.25. The van der Waals surface area contributed by atoms with Crippen molar-refractivity contribution in [1.29, 1.82) is 0 Å². The Hall–Kier alpha value is -2.65. The molecule has 0 saturated carbocycles. The molecule has 0 radical (unpaired) electrons. The van der Waals surface area contributed by atoms with Crippen molar-refractivity contribution in [3.8, 4) is 0 Å². The van der Waals surface area contributed by atoms with E-state index in [1.54, 1.807) is 40.2 Å². The second kappa shape index (κ2) is 10.7. The summed E-state index contributed by atoms with van der Waals surface area (Å²) in [4.78, 5) is 44.3. The van der Waals surface area contributed by atoms with Crippen LogP contribution in [0.2, 0.25) is 0 Å². The van der Waals surface area contributed by atoms with Gasteiger partial charge in [-0.25, -0.2) is 4.98 Å². The minimum absolute atomic E-state index is 0.0292. The van der Waals surface area contributed by atoms with E-state index in [0.717, 1.165) is 42.3 Å². The fraction of sp³-hybridized carbons (Fsp3) is 0.440. The Morgan fingerprint density at radius 2 is 1.79 bits per heavy atom. The van der Waals surface area contributed by atoms with Crippen molar-refractivity contribution in [2.75, 3.05) is 16.4 Å². The largest absolute Gasteiger partial charge is 0.326 e. The van der Waals surface area contributed by atoms with Crippen LogP contribution < -0.4 is 16.2 Å². The van der Waals surface area contributed by atoms with Gasteiger partial charge < -0.3 is 10.6 Å². The fourth-order valence-corrected chi connectivity index (χ4v) is 6.21. The Morgan fingerprint density at radius 1 is 1.12 bits per heavy atom. The number of aromatic nitrogens is 2. The summed E-state index contributed by atoms with van der Waals surface area (Å²) in [5, 5.41) is 6.96. The second-order valence-electron chi connectivity index (χ2n) is 9.02. The predicted molar refractivity (Wildman–Crippen MR) is 140 cm³/mol. The van der Waals surface area contributed by atoms with Crippen LogP contribution in [0.1, 0.15) is 50.5 Å². The number of carbonyl (C=O) groups excluding carboxylic acids is 2. The van der Waals surface area contributed by atoms with Crippen LogP contribution in [-0.4, -0.2) is 27.1 Å². The zero-order valence-corrected chi connectivity index (χ0v) is 21.4. The molecular formula is C25H30N4O3S2. The molecule has 4 rings (SSSR count). The summed E-state index contributed by atoms with van der Waals surface area (Å²) in [5.74, 6) is 0.291. The van der Waals surface area contributed by atoms with Crippen molar-refractivity contribution in [3.05, 3.63) is 45.1 Å². The molecule has 2 heterocycles. The molecule has 0 unspecified atom stereocenters. The van der Waals surface area contributed by atoms with Crippen LogP contribution in [0.25, 0.3) is 10.2 Å². The van der Waals surface area contributed by atoms with Crippen LogP contribution in [-0.2, 0) is 29.0 Å². The zero-order chi connectivity index (χ0) is 24.2. The van der Waals surface area contributed by atoms with E-state index in [4.69, 9.17) is 4.98 Å². The molecule has 180 valence electrons. The van der Waals surface area contributed by atoms with E-state index in [0.29, 0.717) is 29.0 Å². The fourth-order valence-electron chi connectivity index (χ4n) is 4.08. The number of thiophene rings is 1. The third-order valence-electron chi connectivity index (χ3n) is 5.79. The van der Waals surface area contributed by atoms with Gasteiger partial charge in [0.25, 0.3) is 5.56 Å². The Bertz CT molecular complexity index is 1260. The number of thioether (sulfide) groups is 1. The number of amides is 2. The number of aryl methyl sites for hydroxylation is 2. The summed E-state index contributed by atoms with van der Waals surface area (Å²) in [6.45, 7) is 6.32. The van der Waals surface area contributed by atoms with Crippen molar-refractivity contribution in [2.45, 2.75) is 64.6 Å². The molecule has 2 N–H and O–H groups in total. The van der Waals surface area contributed by atoms with E-state index in [2.05, 4.69) is 24.5 Å². The topological polar surface area (TPSA) is 93.1 Å². The Labute approximate surface area is 207 Å². The Morgan fingerprint density at radius 3 is 2.47 bits per heavy atom. The molecule has 2 amide bonds. The average molecular weight is 499 g/mol. The van der Waals surface area contributed by atoms with Crippen molar-refractivity contribution in [3.63, 3.8) is 0 Å². The van der Waals surface area contributed by atoms with Crippen molar-refractivity contribution in [1.82, 2.24) is 9.55 Å². The normalized spacial score (nSPS) is 13.2. The lowest BCUT2D eigenvalue weighted by molar-refractivity contribution is -0.114. The van der Waals surface area contributed by atoms with Gasteiger partial charge >= 0.3 is 0 Å². The first-order valence-electron chi connectivity index (χ1n) is 11.7. The van der Waals surface area contributed by atoms with Gasteiger partial charge in [0, 0.05) is 29.7 Å². The molecule has 2 aromatic heterocycles. The quantitative estimate of drug-likeness (QED) is 0.334. The summed E-state index contributed by atoms with van der Waals surface area (Å²) in [6.07, 6.45) is 5.13. The summed E-state index contributed by atoms with van der Waals surface area (Å²) >= 11 is 2.94. The first-order valence-corrected chi connectivity index (χ1v) is 13.5. The first-order chi connectivity index (χ1) is 16.3. The Balaban J connectivity index is 1.53. The van der Waals surface area contributed by atoms with Gasteiger partial charge in [0.05, 0.1) is 11.1 Å². The average Bonchev–Trinajstić information content (AvgIpc) is 3.16. The predicted octanol–water partition coefficient (Wildman–Crippen LogP) is 5.07. The zero-order valence-electron chi connectivity index (χ0n) is 19.8. The number of rotatable bonds is 8. The molecule has 0 saturated heterocycles. The summed E-state index contributed by atoms with van der Waals surface area (Å²) in [7, 11) is 0. The third kappa shape index (κ3) is 5.70. The van der Waals surface area contributed by atoms with E-state index in [9.17, 15) is 14.4 Å². The molecule has 1 aromatic carbocycles. The summed E-state index contributed by atoms with van der Waals surface area (Å²) in [5.41, 5.74) is 2.54. The highest BCUT2D eigenvalue weighted by Gasteiger charge is 2.22. The van der Waals surface area contributed by atoms with Crippen molar-refractivity contribution in [2.24, 2.45) is 5.92 Å². The van der Waals surface area contributed by atoms with Crippen LogP contribution in [0.5, 0.6) is 0 Å². The maximum atomic E-state index is 13.5. The number of nitrogens with zero attached hydrogens (tertiary/aromatic N) is 2. The van der Waals surface area contributed by atoms with E-state index < -0.39 is 0 Å². The van der Waals surface area contributed by atoms with Crippen LogP contribution in [0.4, 0.5) is 11.4 Å². The van der Waals surface area contributed by atoms with Gasteiger partial charge in [-0.2, -0.15) is 0 Å². The van der Waals surface area contributed by atoms with Gasteiger partial charge in [0.15, 0.2) is 5.16 Å². The number of nitrogens with one attached hydrogen (secondary N) is 2. The minimum atomic E-state index is -0.174. The maximum absolute atomic E-state index is 13.5. The van der Waals surface area contributed by atoms with Gasteiger partial charge in [-0.3, -0.25) is 19.0 Å². The molecule has 0 atom stereocenters. The van der Waals surface area contributed by atoms with Crippen LogP contribution in [0.15, 0.2) is 34.2 Å². The molecule has 0 fully saturated rings. The van der Waals surface area contributed by atoms with Crippen molar-refractivity contribution >= 4 is 56.5 Å². The Kier molecular flexibility index (Phi) is 7.73. The highest BCUT2D eigenvalue weighted by Crippen LogP contribution is 2.34. The lowest BCUT2D eigenvalue weighted by Gasteiger charge is -2.14. The van der Waals surface area contributed by atoms with E-state index in [1.165, 1.54) is 29.1 Å². The molecular weight excluding hydrogens is 468 g/mol. The van der Waals surface area contributed by atoms with Crippen LogP contribution in [0, 0.1) is 5.92 Å². The highest BCUT2D eigenvalue weighted by atomic mass is 32.2. The van der Waals surface area contributed by atoms with Gasteiger partial charge in [-0.1, -0.05) is 25.6 Å². The number of anilines is 2. The molecule has 0 spiro atoms. The van der Waals surface area contributed by atoms with E-state index >= 15 is 0 Å². The molecule has 1 aliphatic carbocycles. The number of hydrogen-bond acceptors (Lipinski definition) is 6. The van der Waals surface area contributed by atoms with Gasteiger partial charge in [-0.15, -0.1) is 11.3 Å². The number of benzene rings is 1.